The quantitative estimate of drug-likeness (QED) is 0.261. The fourth-order valence-electron chi connectivity index (χ4n) is 4.51. The van der Waals surface area contributed by atoms with Crippen molar-refractivity contribution in [2.45, 2.75) is 19.9 Å². The molecular weight excluding hydrogens is 474 g/mol. The van der Waals surface area contributed by atoms with Gasteiger partial charge < -0.3 is 24.1 Å². The number of aliphatic hydroxyl groups is 1. The average Bonchev–Trinajstić information content (AvgIpc) is 3.17. The topological polar surface area (TPSA) is 94.5 Å². The van der Waals surface area contributed by atoms with Gasteiger partial charge in [-0.3, -0.25) is 14.5 Å². The summed E-state index contributed by atoms with van der Waals surface area (Å²) in [6.07, 6.45) is 0. The molecule has 1 saturated heterocycles. The summed E-state index contributed by atoms with van der Waals surface area (Å²) in [5.41, 5.74) is 2.22. The highest BCUT2D eigenvalue weighted by molar-refractivity contribution is 6.51. The standard InChI is InChI=1S/C29H29NO7/c1-6-37-21-12-8-10-18(14-21)26(31)24-25(19-15-22(34-3)28(36-5)23(16-19)35-4)30(29(33)27(24)32)20-11-7-9-17(2)13-20/h7-16,25,31H,6H2,1-5H3/b26-24+. The summed E-state index contributed by atoms with van der Waals surface area (Å²) in [6, 6.07) is 16.4. The Balaban J connectivity index is 2.00. The lowest BCUT2D eigenvalue weighted by Crippen LogP contribution is -2.29. The van der Waals surface area contributed by atoms with Crippen molar-refractivity contribution >= 4 is 23.1 Å². The molecule has 1 aliphatic heterocycles. The molecule has 1 fully saturated rings. The van der Waals surface area contributed by atoms with Crippen molar-refractivity contribution < 1.29 is 33.6 Å². The van der Waals surface area contributed by atoms with E-state index in [-0.39, 0.29) is 11.3 Å². The zero-order valence-corrected chi connectivity index (χ0v) is 21.4. The molecule has 192 valence electrons. The van der Waals surface area contributed by atoms with Crippen LogP contribution in [0.1, 0.15) is 29.7 Å². The van der Waals surface area contributed by atoms with E-state index in [1.165, 1.54) is 26.2 Å². The average molecular weight is 504 g/mol. The maximum Gasteiger partial charge on any atom is 0.300 e. The third kappa shape index (κ3) is 4.70. The van der Waals surface area contributed by atoms with E-state index in [0.717, 1.165) is 5.56 Å². The maximum absolute atomic E-state index is 13.5. The first-order valence-corrected chi connectivity index (χ1v) is 11.7. The van der Waals surface area contributed by atoms with Crippen LogP contribution < -0.4 is 23.8 Å². The number of carbonyl (C=O) groups is 2. The summed E-state index contributed by atoms with van der Waals surface area (Å²) in [7, 11) is 4.46. The van der Waals surface area contributed by atoms with Crippen LogP contribution in [0.2, 0.25) is 0 Å². The number of methoxy groups -OCH3 is 3. The van der Waals surface area contributed by atoms with E-state index in [2.05, 4.69) is 0 Å². The fraction of sp³-hybridized carbons (Fsp3) is 0.241. The van der Waals surface area contributed by atoms with E-state index in [1.54, 1.807) is 42.5 Å². The Morgan fingerprint density at radius 3 is 2.19 bits per heavy atom. The van der Waals surface area contributed by atoms with Crippen LogP contribution in [0.15, 0.2) is 66.2 Å². The van der Waals surface area contributed by atoms with Crippen molar-refractivity contribution in [1.29, 1.82) is 0 Å². The predicted molar refractivity (Wildman–Crippen MR) is 140 cm³/mol. The maximum atomic E-state index is 13.5. The normalized spacial score (nSPS) is 16.6. The van der Waals surface area contributed by atoms with Crippen molar-refractivity contribution in [2.24, 2.45) is 0 Å². The molecule has 1 N–H and O–H groups in total. The third-order valence-electron chi connectivity index (χ3n) is 6.15. The molecule has 1 atom stereocenters. The lowest BCUT2D eigenvalue weighted by atomic mass is 9.94. The molecule has 3 aromatic carbocycles. The van der Waals surface area contributed by atoms with Crippen LogP contribution in [0.3, 0.4) is 0 Å². The van der Waals surface area contributed by atoms with Gasteiger partial charge in [-0.15, -0.1) is 0 Å². The number of carbonyl (C=O) groups excluding carboxylic acids is 2. The number of hydrogen-bond donors (Lipinski definition) is 1. The van der Waals surface area contributed by atoms with Gasteiger partial charge >= 0.3 is 0 Å². The second-order valence-electron chi connectivity index (χ2n) is 8.43. The van der Waals surface area contributed by atoms with Crippen LogP contribution in [0.25, 0.3) is 5.76 Å². The van der Waals surface area contributed by atoms with Gasteiger partial charge in [0, 0.05) is 11.3 Å². The minimum Gasteiger partial charge on any atom is -0.507 e. The minimum atomic E-state index is -0.966. The number of anilines is 1. The molecule has 3 aromatic rings. The molecule has 0 aliphatic carbocycles. The molecule has 37 heavy (non-hydrogen) atoms. The zero-order valence-electron chi connectivity index (χ0n) is 21.4. The molecule has 1 heterocycles. The van der Waals surface area contributed by atoms with Crippen molar-refractivity contribution in [1.82, 2.24) is 0 Å². The Kier molecular flexibility index (Phi) is 7.38. The Morgan fingerprint density at radius 1 is 0.919 bits per heavy atom. The third-order valence-corrected chi connectivity index (χ3v) is 6.15. The lowest BCUT2D eigenvalue weighted by molar-refractivity contribution is -0.132. The van der Waals surface area contributed by atoms with E-state index in [4.69, 9.17) is 18.9 Å². The Hall–Kier alpha value is -4.46. The van der Waals surface area contributed by atoms with Crippen LogP contribution in [0.4, 0.5) is 5.69 Å². The molecule has 8 nitrogen and oxygen atoms in total. The molecule has 4 rings (SSSR count). The Morgan fingerprint density at radius 2 is 1.59 bits per heavy atom. The van der Waals surface area contributed by atoms with Gasteiger partial charge in [0.25, 0.3) is 11.7 Å². The van der Waals surface area contributed by atoms with Crippen LogP contribution in [-0.2, 0) is 9.59 Å². The molecule has 0 radical (unpaired) electrons. The van der Waals surface area contributed by atoms with Gasteiger partial charge in [0.2, 0.25) is 5.75 Å². The minimum absolute atomic E-state index is 0.0607. The molecule has 0 bridgehead atoms. The van der Waals surface area contributed by atoms with Gasteiger partial charge in [-0.25, -0.2) is 0 Å². The van der Waals surface area contributed by atoms with Crippen LogP contribution in [0, 0.1) is 6.92 Å². The van der Waals surface area contributed by atoms with Crippen LogP contribution in [-0.4, -0.2) is 44.7 Å². The number of ether oxygens (including phenoxy) is 4. The fourth-order valence-corrected chi connectivity index (χ4v) is 4.51. The highest BCUT2D eigenvalue weighted by atomic mass is 16.5. The first kappa shape index (κ1) is 25.6. The van der Waals surface area contributed by atoms with E-state index in [0.29, 0.717) is 46.4 Å². The molecule has 0 spiro atoms. The number of ketones is 1. The molecular formula is C29H29NO7. The smallest absolute Gasteiger partial charge is 0.300 e. The number of nitrogens with zero attached hydrogens (tertiary/aromatic N) is 1. The van der Waals surface area contributed by atoms with Crippen molar-refractivity contribution in [3.8, 4) is 23.0 Å². The number of Topliss-reactive ketones (excluding diaryl/α,β-unsaturated/α-hetero) is 1. The highest BCUT2D eigenvalue weighted by Gasteiger charge is 2.47. The first-order chi connectivity index (χ1) is 17.8. The SMILES string of the molecule is CCOc1cccc(/C(O)=C2\C(=O)C(=O)N(c3cccc(C)c3)C2c2cc(OC)c(OC)c(OC)c2)c1. The zero-order chi connectivity index (χ0) is 26.7. The van der Waals surface area contributed by atoms with Crippen molar-refractivity contribution in [3.63, 3.8) is 0 Å². The lowest BCUT2D eigenvalue weighted by Gasteiger charge is -2.27. The number of amides is 1. The molecule has 0 saturated carbocycles. The van der Waals surface area contributed by atoms with Crippen molar-refractivity contribution in [3.05, 3.63) is 82.9 Å². The van der Waals surface area contributed by atoms with Gasteiger partial charge in [-0.1, -0.05) is 24.3 Å². The molecule has 1 amide bonds. The molecule has 8 heteroatoms. The summed E-state index contributed by atoms with van der Waals surface area (Å²) in [6.45, 7) is 4.19. The van der Waals surface area contributed by atoms with Crippen LogP contribution >= 0.6 is 0 Å². The van der Waals surface area contributed by atoms with Gasteiger partial charge in [-0.2, -0.15) is 0 Å². The van der Waals surface area contributed by atoms with E-state index in [1.807, 2.05) is 32.0 Å². The largest absolute Gasteiger partial charge is 0.507 e. The van der Waals surface area contributed by atoms with E-state index in [9.17, 15) is 14.7 Å². The molecule has 1 unspecified atom stereocenters. The van der Waals surface area contributed by atoms with Gasteiger partial charge in [0.05, 0.1) is 39.6 Å². The van der Waals surface area contributed by atoms with Gasteiger partial charge in [0.15, 0.2) is 11.5 Å². The van der Waals surface area contributed by atoms with Crippen molar-refractivity contribution in [2.75, 3.05) is 32.8 Å². The number of hydrogen-bond acceptors (Lipinski definition) is 7. The summed E-state index contributed by atoms with van der Waals surface area (Å²) in [5.74, 6) is -0.273. The Labute approximate surface area is 215 Å². The number of aryl methyl sites for hydroxylation is 1. The summed E-state index contributed by atoms with van der Waals surface area (Å²) in [4.78, 5) is 28.3. The second kappa shape index (κ2) is 10.7. The summed E-state index contributed by atoms with van der Waals surface area (Å²) >= 11 is 0. The van der Waals surface area contributed by atoms with E-state index >= 15 is 0 Å². The predicted octanol–water partition coefficient (Wildman–Crippen LogP) is 5.05. The van der Waals surface area contributed by atoms with Gasteiger partial charge in [-0.05, 0) is 61.4 Å². The molecule has 1 aliphatic rings. The summed E-state index contributed by atoms with van der Waals surface area (Å²) in [5, 5.41) is 11.4. The monoisotopic (exact) mass is 503 g/mol. The number of aliphatic hydroxyl groups excluding tert-OH is 1. The van der Waals surface area contributed by atoms with Gasteiger partial charge in [0.1, 0.15) is 11.5 Å². The Bertz CT molecular complexity index is 1350. The second-order valence-corrected chi connectivity index (χ2v) is 8.43. The summed E-state index contributed by atoms with van der Waals surface area (Å²) < 4.78 is 22.1. The first-order valence-electron chi connectivity index (χ1n) is 11.7. The number of benzene rings is 3. The van der Waals surface area contributed by atoms with E-state index < -0.39 is 17.7 Å². The number of rotatable bonds is 8. The highest BCUT2D eigenvalue weighted by Crippen LogP contribution is 2.47. The van der Waals surface area contributed by atoms with Crippen LogP contribution in [0.5, 0.6) is 23.0 Å². The molecule has 0 aromatic heterocycles.